The minimum Gasteiger partial charge on any atom is -0.508 e. The summed E-state index contributed by atoms with van der Waals surface area (Å²) in [4.78, 5) is 3.95. The number of hydrogen-bond acceptors (Lipinski definition) is 3. The molecule has 3 rings (SSSR count). The van der Waals surface area contributed by atoms with Crippen LogP contribution in [0, 0.1) is 0 Å². The lowest BCUT2D eigenvalue weighted by Gasteiger charge is -2.25. The van der Waals surface area contributed by atoms with Crippen LogP contribution in [0.5, 0.6) is 5.75 Å². The number of nitrogens with zero attached hydrogens (tertiary/aromatic N) is 1. The van der Waals surface area contributed by atoms with Crippen molar-refractivity contribution in [1.82, 2.24) is 4.90 Å². The molecule has 1 saturated heterocycles. The molecule has 90 valence electrons. The summed E-state index contributed by atoms with van der Waals surface area (Å²) < 4.78 is 1.19. The van der Waals surface area contributed by atoms with E-state index in [4.69, 9.17) is 0 Å². The number of piperidine rings is 1. The number of aromatic hydroxyl groups is 1. The molecule has 1 aromatic carbocycles. The number of thiophene rings is 1. The second kappa shape index (κ2) is 4.67. The van der Waals surface area contributed by atoms with Crippen LogP contribution in [0.2, 0.25) is 0 Å². The van der Waals surface area contributed by atoms with Crippen molar-refractivity contribution in [2.45, 2.75) is 25.8 Å². The van der Waals surface area contributed by atoms with Gasteiger partial charge in [0.05, 0.1) is 0 Å². The molecule has 17 heavy (non-hydrogen) atoms. The molecule has 2 aromatic rings. The van der Waals surface area contributed by atoms with Gasteiger partial charge in [-0.1, -0.05) is 6.42 Å². The minimum atomic E-state index is 0.365. The largest absolute Gasteiger partial charge is 0.508 e. The Balaban J connectivity index is 1.80. The van der Waals surface area contributed by atoms with E-state index < -0.39 is 0 Å². The maximum atomic E-state index is 9.46. The molecule has 0 spiro atoms. The molecule has 1 aliphatic heterocycles. The van der Waals surface area contributed by atoms with Gasteiger partial charge in [0.25, 0.3) is 0 Å². The Morgan fingerprint density at radius 2 is 1.94 bits per heavy atom. The van der Waals surface area contributed by atoms with Crippen molar-refractivity contribution in [1.29, 1.82) is 0 Å². The Kier molecular flexibility index (Phi) is 3.04. The van der Waals surface area contributed by atoms with Gasteiger partial charge >= 0.3 is 0 Å². The maximum Gasteiger partial charge on any atom is 0.117 e. The number of phenols is 1. The molecule has 0 bridgehead atoms. The van der Waals surface area contributed by atoms with E-state index in [2.05, 4.69) is 11.0 Å². The predicted molar refractivity (Wildman–Crippen MR) is 72.6 cm³/mol. The Morgan fingerprint density at radius 1 is 1.12 bits per heavy atom. The number of likely N-dealkylation sites (tertiary alicyclic amines) is 1. The Morgan fingerprint density at radius 3 is 2.76 bits per heavy atom. The van der Waals surface area contributed by atoms with E-state index in [-0.39, 0.29) is 0 Å². The highest BCUT2D eigenvalue weighted by molar-refractivity contribution is 7.19. The minimum absolute atomic E-state index is 0.365. The zero-order valence-electron chi connectivity index (χ0n) is 9.85. The molecule has 3 heteroatoms. The van der Waals surface area contributed by atoms with Crippen LogP contribution in [0.15, 0.2) is 24.3 Å². The summed E-state index contributed by atoms with van der Waals surface area (Å²) in [6, 6.07) is 7.88. The van der Waals surface area contributed by atoms with Gasteiger partial charge in [0.2, 0.25) is 0 Å². The van der Waals surface area contributed by atoms with Crippen molar-refractivity contribution in [3.63, 3.8) is 0 Å². The smallest absolute Gasteiger partial charge is 0.117 e. The van der Waals surface area contributed by atoms with Gasteiger partial charge in [-0.05, 0) is 55.6 Å². The topological polar surface area (TPSA) is 23.5 Å². The monoisotopic (exact) mass is 247 g/mol. The van der Waals surface area contributed by atoms with Crippen molar-refractivity contribution in [3.05, 3.63) is 29.1 Å². The predicted octanol–water partition coefficient (Wildman–Crippen LogP) is 3.59. The second-order valence-electron chi connectivity index (χ2n) is 4.77. The van der Waals surface area contributed by atoms with Gasteiger partial charge in [-0.25, -0.2) is 0 Å². The maximum absolute atomic E-state index is 9.46. The molecule has 0 unspecified atom stereocenters. The summed E-state index contributed by atoms with van der Waals surface area (Å²) in [5.74, 6) is 0.365. The highest BCUT2D eigenvalue weighted by atomic mass is 32.1. The third kappa shape index (κ3) is 2.45. The SMILES string of the molecule is Oc1ccc2cc(CN3CCCCC3)sc2c1. The number of fused-ring (bicyclic) bond motifs is 1. The van der Waals surface area contributed by atoms with Gasteiger partial charge in [-0.15, -0.1) is 11.3 Å². The molecule has 1 aliphatic rings. The quantitative estimate of drug-likeness (QED) is 0.876. The molecular weight excluding hydrogens is 230 g/mol. The van der Waals surface area contributed by atoms with Crippen LogP contribution < -0.4 is 0 Å². The molecular formula is C14H17NOS. The van der Waals surface area contributed by atoms with Crippen LogP contribution in [0.1, 0.15) is 24.1 Å². The fourth-order valence-electron chi connectivity index (χ4n) is 2.49. The third-order valence-electron chi connectivity index (χ3n) is 3.38. The van der Waals surface area contributed by atoms with E-state index in [1.807, 2.05) is 12.1 Å². The average molecular weight is 247 g/mol. The van der Waals surface area contributed by atoms with Gasteiger partial charge < -0.3 is 5.11 Å². The average Bonchev–Trinajstić information content (AvgIpc) is 2.71. The van der Waals surface area contributed by atoms with Crippen molar-refractivity contribution in [2.75, 3.05) is 13.1 Å². The first kappa shape index (κ1) is 11.1. The van der Waals surface area contributed by atoms with Crippen molar-refractivity contribution in [2.24, 2.45) is 0 Å². The van der Waals surface area contributed by atoms with Gasteiger partial charge in [0.15, 0.2) is 0 Å². The van der Waals surface area contributed by atoms with Crippen molar-refractivity contribution >= 4 is 21.4 Å². The Bertz CT molecular complexity index is 514. The van der Waals surface area contributed by atoms with Gasteiger partial charge in [0, 0.05) is 16.1 Å². The van der Waals surface area contributed by atoms with Crippen LogP contribution in [0.3, 0.4) is 0 Å². The standard InChI is InChI=1S/C14H17NOS/c16-12-5-4-11-8-13(17-14(11)9-12)10-15-6-2-1-3-7-15/h4-5,8-9,16H,1-3,6-7,10H2. The summed E-state index contributed by atoms with van der Waals surface area (Å²) in [6.07, 6.45) is 4.06. The summed E-state index contributed by atoms with van der Waals surface area (Å²) in [5.41, 5.74) is 0. The number of phenolic OH excluding ortho intramolecular Hbond substituents is 1. The van der Waals surface area contributed by atoms with Gasteiger partial charge in [-0.3, -0.25) is 4.90 Å². The van der Waals surface area contributed by atoms with Crippen molar-refractivity contribution < 1.29 is 5.11 Å². The van der Waals surface area contributed by atoms with E-state index in [0.29, 0.717) is 5.75 Å². The zero-order valence-corrected chi connectivity index (χ0v) is 10.7. The lowest BCUT2D eigenvalue weighted by Crippen LogP contribution is -2.28. The van der Waals surface area contributed by atoms with Crippen LogP contribution >= 0.6 is 11.3 Å². The molecule has 1 N–H and O–H groups in total. The number of benzene rings is 1. The molecule has 0 aliphatic carbocycles. The lowest BCUT2D eigenvalue weighted by atomic mass is 10.1. The van der Waals surface area contributed by atoms with E-state index in [9.17, 15) is 5.11 Å². The fraction of sp³-hybridized carbons (Fsp3) is 0.429. The zero-order chi connectivity index (χ0) is 11.7. The van der Waals surface area contributed by atoms with E-state index in [1.54, 1.807) is 17.4 Å². The Hall–Kier alpha value is -1.06. The summed E-state index contributed by atoms with van der Waals surface area (Å²) in [7, 11) is 0. The second-order valence-corrected chi connectivity index (χ2v) is 5.94. The van der Waals surface area contributed by atoms with E-state index in [0.717, 1.165) is 6.54 Å². The number of rotatable bonds is 2. The highest BCUT2D eigenvalue weighted by Gasteiger charge is 2.12. The summed E-state index contributed by atoms with van der Waals surface area (Å²) in [5, 5.41) is 10.7. The van der Waals surface area contributed by atoms with Crippen LogP contribution in [0.25, 0.3) is 10.1 Å². The fourth-order valence-corrected chi connectivity index (χ4v) is 3.63. The van der Waals surface area contributed by atoms with Crippen LogP contribution in [0.4, 0.5) is 0 Å². The molecule has 2 heterocycles. The molecule has 1 aromatic heterocycles. The van der Waals surface area contributed by atoms with Crippen molar-refractivity contribution in [3.8, 4) is 5.75 Å². The highest BCUT2D eigenvalue weighted by Crippen LogP contribution is 2.29. The first-order chi connectivity index (χ1) is 8.31. The van der Waals surface area contributed by atoms with E-state index >= 15 is 0 Å². The molecule has 0 atom stereocenters. The van der Waals surface area contributed by atoms with Crippen LogP contribution in [-0.2, 0) is 6.54 Å². The summed E-state index contributed by atoms with van der Waals surface area (Å²) >= 11 is 1.80. The van der Waals surface area contributed by atoms with Gasteiger partial charge in [0.1, 0.15) is 5.75 Å². The normalized spacial score (nSPS) is 17.6. The van der Waals surface area contributed by atoms with E-state index in [1.165, 1.54) is 47.3 Å². The first-order valence-corrected chi connectivity index (χ1v) is 7.07. The molecule has 1 fully saturated rings. The summed E-state index contributed by atoms with van der Waals surface area (Å²) in [6.45, 7) is 3.54. The molecule has 0 radical (unpaired) electrons. The lowest BCUT2D eigenvalue weighted by molar-refractivity contribution is 0.223. The molecule has 0 amide bonds. The van der Waals surface area contributed by atoms with Gasteiger partial charge in [-0.2, -0.15) is 0 Å². The molecule has 0 saturated carbocycles. The van der Waals surface area contributed by atoms with Crippen LogP contribution in [-0.4, -0.2) is 23.1 Å². The molecule has 2 nitrogen and oxygen atoms in total. The Labute approximate surface area is 105 Å². The number of hydrogen-bond donors (Lipinski definition) is 1. The first-order valence-electron chi connectivity index (χ1n) is 6.25. The third-order valence-corrected chi connectivity index (χ3v) is 4.47.